The van der Waals surface area contributed by atoms with E-state index in [1.54, 1.807) is 0 Å². The van der Waals surface area contributed by atoms with Crippen molar-refractivity contribution in [2.24, 2.45) is 0 Å². The number of nitrogens with zero attached hydrogens (tertiary/aromatic N) is 1. The molecule has 2 rings (SSSR count). The molecule has 0 unspecified atom stereocenters. The van der Waals surface area contributed by atoms with E-state index < -0.39 is 39.7 Å². The predicted molar refractivity (Wildman–Crippen MR) is 75.8 cm³/mol. The van der Waals surface area contributed by atoms with Gasteiger partial charge in [-0.2, -0.15) is 4.39 Å². The average Bonchev–Trinajstić information content (AvgIpc) is 2.39. The van der Waals surface area contributed by atoms with Gasteiger partial charge in [0.25, 0.3) is 5.79 Å². The molecule has 0 atom stereocenters. The normalized spacial score (nSPS) is 16.4. The molecular weight excluding hydrogens is 311 g/mol. The maximum Gasteiger partial charge on any atom is 0.350 e. The van der Waals surface area contributed by atoms with Crippen LogP contribution in [0.3, 0.4) is 0 Å². The molecule has 1 aromatic carbocycles. The SMILES string of the molecule is Cc1cc([N+](=O)[O-])c(F)cc1NC=C1C(=O)OC(C)(C)OC1=O. The lowest BCUT2D eigenvalue weighted by atomic mass is 10.1. The van der Waals surface area contributed by atoms with E-state index in [9.17, 15) is 24.1 Å². The Hall–Kier alpha value is -2.97. The number of hydrogen-bond acceptors (Lipinski definition) is 7. The number of nitro benzene ring substituents is 1. The van der Waals surface area contributed by atoms with E-state index in [0.29, 0.717) is 5.56 Å². The number of rotatable bonds is 3. The second-order valence-corrected chi connectivity index (χ2v) is 5.26. The molecule has 1 N–H and O–H groups in total. The van der Waals surface area contributed by atoms with Crippen molar-refractivity contribution < 1.29 is 28.4 Å². The summed E-state index contributed by atoms with van der Waals surface area (Å²) in [5.74, 6) is -4.19. The number of nitrogens with one attached hydrogen (secondary N) is 1. The number of nitro groups is 1. The smallest absolute Gasteiger partial charge is 0.350 e. The molecule has 0 aromatic heterocycles. The molecule has 1 aliphatic rings. The standard InChI is InChI=1S/C14H13FN2O6/c1-7-4-11(17(20)21)9(15)5-10(7)16-6-8-12(18)22-14(2,3)23-13(8)19/h4-6,16H,1-3H3. The number of ether oxygens (including phenoxy) is 2. The summed E-state index contributed by atoms with van der Waals surface area (Å²) in [7, 11) is 0. The molecule has 1 saturated heterocycles. The maximum absolute atomic E-state index is 13.6. The Labute approximate surface area is 130 Å². The third-order valence-corrected chi connectivity index (χ3v) is 2.98. The zero-order valence-electron chi connectivity index (χ0n) is 12.5. The van der Waals surface area contributed by atoms with E-state index >= 15 is 0 Å². The van der Waals surface area contributed by atoms with Gasteiger partial charge in [-0.25, -0.2) is 9.59 Å². The molecule has 0 amide bonds. The molecule has 122 valence electrons. The van der Waals surface area contributed by atoms with E-state index in [1.807, 2.05) is 0 Å². The fraction of sp³-hybridized carbons (Fsp3) is 0.286. The van der Waals surface area contributed by atoms with Crippen LogP contribution in [0.1, 0.15) is 19.4 Å². The Morgan fingerprint density at radius 2 is 1.83 bits per heavy atom. The number of hydrogen-bond donors (Lipinski definition) is 1. The Morgan fingerprint density at radius 1 is 1.26 bits per heavy atom. The Kier molecular flexibility index (Phi) is 4.04. The van der Waals surface area contributed by atoms with Gasteiger partial charge in [-0.05, 0) is 12.5 Å². The molecule has 1 aliphatic heterocycles. The van der Waals surface area contributed by atoms with Crippen molar-refractivity contribution >= 4 is 23.3 Å². The van der Waals surface area contributed by atoms with Crippen LogP contribution in [0.25, 0.3) is 0 Å². The van der Waals surface area contributed by atoms with E-state index in [2.05, 4.69) is 5.32 Å². The highest BCUT2D eigenvalue weighted by atomic mass is 19.1. The summed E-state index contributed by atoms with van der Waals surface area (Å²) in [5.41, 5.74) is -0.555. The van der Waals surface area contributed by atoms with Crippen LogP contribution in [-0.2, 0) is 19.1 Å². The number of aryl methyl sites for hydroxylation is 1. The molecule has 9 heteroatoms. The highest BCUT2D eigenvalue weighted by Gasteiger charge is 2.39. The zero-order chi connectivity index (χ0) is 17.4. The third kappa shape index (κ3) is 3.44. The van der Waals surface area contributed by atoms with Crippen molar-refractivity contribution in [3.05, 3.63) is 45.4 Å². The molecular formula is C14H13FN2O6. The first kappa shape index (κ1) is 16.4. The van der Waals surface area contributed by atoms with E-state index in [4.69, 9.17) is 9.47 Å². The summed E-state index contributed by atoms with van der Waals surface area (Å²) < 4.78 is 23.4. The van der Waals surface area contributed by atoms with Gasteiger partial charge in [0.05, 0.1) is 4.92 Å². The monoisotopic (exact) mass is 324 g/mol. The van der Waals surface area contributed by atoms with Gasteiger partial charge >= 0.3 is 17.6 Å². The highest BCUT2D eigenvalue weighted by Crippen LogP contribution is 2.26. The molecule has 1 heterocycles. The molecule has 0 spiro atoms. The summed E-state index contributed by atoms with van der Waals surface area (Å²) in [6, 6.07) is 1.94. The first-order valence-corrected chi connectivity index (χ1v) is 6.48. The van der Waals surface area contributed by atoms with Gasteiger partial charge in [-0.15, -0.1) is 0 Å². The molecule has 0 aliphatic carbocycles. The first-order chi connectivity index (χ1) is 10.6. The van der Waals surface area contributed by atoms with Gasteiger partial charge in [0.1, 0.15) is 0 Å². The van der Waals surface area contributed by atoms with Gasteiger partial charge in [-0.3, -0.25) is 10.1 Å². The third-order valence-electron chi connectivity index (χ3n) is 2.98. The summed E-state index contributed by atoms with van der Waals surface area (Å²) in [4.78, 5) is 33.3. The van der Waals surface area contributed by atoms with E-state index in [-0.39, 0.29) is 5.69 Å². The first-order valence-electron chi connectivity index (χ1n) is 6.48. The zero-order valence-corrected chi connectivity index (χ0v) is 12.5. The maximum atomic E-state index is 13.6. The number of benzene rings is 1. The van der Waals surface area contributed by atoms with Gasteiger partial charge in [0, 0.05) is 37.9 Å². The molecule has 1 aromatic rings. The van der Waals surface area contributed by atoms with Crippen LogP contribution in [0.15, 0.2) is 23.9 Å². The molecule has 23 heavy (non-hydrogen) atoms. The number of anilines is 1. The summed E-state index contributed by atoms with van der Waals surface area (Å²) >= 11 is 0. The lowest BCUT2D eigenvalue weighted by Crippen LogP contribution is -2.42. The second-order valence-electron chi connectivity index (χ2n) is 5.26. The van der Waals surface area contributed by atoms with Crippen molar-refractivity contribution in [3.8, 4) is 0 Å². The number of carbonyl (C=O) groups excluding carboxylic acids is 2. The molecule has 1 fully saturated rings. The highest BCUT2D eigenvalue weighted by molar-refractivity contribution is 6.15. The lowest BCUT2D eigenvalue weighted by molar-refractivity contribution is -0.387. The average molecular weight is 324 g/mol. The van der Waals surface area contributed by atoms with Crippen molar-refractivity contribution in [1.82, 2.24) is 0 Å². The quantitative estimate of drug-likeness (QED) is 0.298. The van der Waals surface area contributed by atoms with Crippen LogP contribution in [-0.4, -0.2) is 22.6 Å². The summed E-state index contributed by atoms with van der Waals surface area (Å²) in [6.45, 7) is 4.32. The Morgan fingerprint density at radius 3 is 2.35 bits per heavy atom. The lowest BCUT2D eigenvalue weighted by Gasteiger charge is -2.29. The van der Waals surface area contributed by atoms with Crippen LogP contribution in [0.2, 0.25) is 0 Å². The van der Waals surface area contributed by atoms with E-state index in [0.717, 1.165) is 18.3 Å². The Balaban J connectivity index is 2.27. The minimum absolute atomic E-state index is 0.158. The number of carbonyl (C=O) groups is 2. The Bertz CT molecular complexity index is 719. The molecule has 0 radical (unpaired) electrons. The molecule has 0 bridgehead atoms. The number of esters is 2. The van der Waals surface area contributed by atoms with Gasteiger partial charge in [0.2, 0.25) is 5.82 Å². The van der Waals surface area contributed by atoms with Gasteiger partial charge < -0.3 is 14.8 Å². The summed E-state index contributed by atoms with van der Waals surface area (Å²) in [6.07, 6.45) is 1.01. The van der Waals surface area contributed by atoms with Crippen LogP contribution < -0.4 is 5.32 Å². The largest absolute Gasteiger partial charge is 0.419 e. The number of cyclic esters (lactones) is 2. The van der Waals surface area contributed by atoms with Gasteiger partial charge in [-0.1, -0.05) is 0 Å². The van der Waals surface area contributed by atoms with Crippen molar-refractivity contribution in [2.75, 3.05) is 5.32 Å². The van der Waals surface area contributed by atoms with Gasteiger partial charge in [0.15, 0.2) is 5.57 Å². The van der Waals surface area contributed by atoms with E-state index in [1.165, 1.54) is 20.8 Å². The second kappa shape index (κ2) is 5.67. The van der Waals surface area contributed by atoms with Crippen LogP contribution in [0.5, 0.6) is 0 Å². The van der Waals surface area contributed by atoms with Crippen LogP contribution in [0.4, 0.5) is 15.8 Å². The number of halogens is 1. The minimum Gasteiger partial charge on any atom is -0.419 e. The van der Waals surface area contributed by atoms with Crippen LogP contribution >= 0.6 is 0 Å². The molecule has 8 nitrogen and oxygen atoms in total. The fourth-order valence-electron chi connectivity index (χ4n) is 1.89. The van der Waals surface area contributed by atoms with Crippen molar-refractivity contribution in [1.29, 1.82) is 0 Å². The topological polar surface area (TPSA) is 108 Å². The molecule has 0 saturated carbocycles. The minimum atomic E-state index is -1.36. The summed E-state index contributed by atoms with van der Waals surface area (Å²) in [5, 5.41) is 13.2. The van der Waals surface area contributed by atoms with Crippen molar-refractivity contribution in [2.45, 2.75) is 26.6 Å². The predicted octanol–water partition coefficient (Wildman–Crippen LogP) is 2.17. The fourth-order valence-corrected chi connectivity index (χ4v) is 1.89. The van der Waals surface area contributed by atoms with Crippen molar-refractivity contribution in [3.63, 3.8) is 0 Å². The van der Waals surface area contributed by atoms with Crippen LogP contribution in [0, 0.1) is 22.9 Å².